The smallest absolute Gasteiger partial charge is 0.120 e. The molecule has 0 saturated carbocycles. The van der Waals surface area contributed by atoms with Crippen LogP contribution in [0.2, 0.25) is 0 Å². The van der Waals surface area contributed by atoms with E-state index in [0.717, 1.165) is 11.7 Å². The third-order valence-electron chi connectivity index (χ3n) is 4.09. The van der Waals surface area contributed by atoms with E-state index < -0.39 is 0 Å². The minimum atomic E-state index is 0.334. The maximum Gasteiger partial charge on any atom is 0.120 e. The lowest BCUT2D eigenvalue weighted by molar-refractivity contribution is 0.0666. The first kappa shape index (κ1) is 10.4. The highest BCUT2D eigenvalue weighted by molar-refractivity contribution is 5.04. The summed E-state index contributed by atoms with van der Waals surface area (Å²) >= 11 is 0. The van der Waals surface area contributed by atoms with Gasteiger partial charge < -0.3 is 14.6 Å². The molecule has 4 heterocycles. The maximum absolute atomic E-state index is 5.44. The summed E-state index contributed by atoms with van der Waals surface area (Å²) in [6.45, 7) is 6.02. The van der Waals surface area contributed by atoms with Crippen LogP contribution in [0.5, 0.6) is 0 Å². The average molecular weight is 220 g/mol. The fraction of sp³-hybridized carbons (Fsp3) is 0.692. The topological polar surface area (TPSA) is 28.4 Å². The van der Waals surface area contributed by atoms with Crippen molar-refractivity contribution >= 4 is 0 Å². The highest BCUT2D eigenvalue weighted by Crippen LogP contribution is 2.29. The van der Waals surface area contributed by atoms with Gasteiger partial charge in [-0.2, -0.15) is 0 Å². The highest BCUT2D eigenvalue weighted by atomic mass is 16.3. The molecule has 3 fully saturated rings. The summed E-state index contributed by atoms with van der Waals surface area (Å²) < 4.78 is 5.44. The highest BCUT2D eigenvalue weighted by Gasteiger charge is 2.34. The third kappa shape index (κ3) is 1.89. The van der Waals surface area contributed by atoms with E-state index in [0.29, 0.717) is 12.1 Å². The minimum Gasteiger partial charge on any atom is -0.468 e. The van der Waals surface area contributed by atoms with Crippen LogP contribution in [0, 0.1) is 5.92 Å². The van der Waals surface area contributed by atoms with Gasteiger partial charge in [-0.3, -0.25) is 0 Å². The summed E-state index contributed by atoms with van der Waals surface area (Å²) in [5.74, 6) is 1.93. The molecule has 0 amide bonds. The van der Waals surface area contributed by atoms with Crippen LogP contribution in [0.4, 0.5) is 0 Å². The van der Waals surface area contributed by atoms with Crippen molar-refractivity contribution in [1.82, 2.24) is 10.2 Å². The van der Waals surface area contributed by atoms with Crippen LogP contribution in [0.25, 0.3) is 0 Å². The Bertz CT molecular complexity index is 328. The van der Waals surface area contributed by atoms with Crippen LogP contribution in [-0.4, -0.2) is 30.6 Å². The van der Waals surface area contributed by atoms with Crippen molar-refractivity contribution in [2.45, 2.75) is 31.8 Å². The van der Waals surface area contributed by atoms with Gasteiger partial charge >= 0.3 is 0 Å². The average Bonchev–Trinajstić information content (AvgIpc) is 2.84. The Balaban J connectivity index is 1.62. The molecule has 3 nitrogen and oxygen atoms in total. The fourth-order valence-corrected chi connectivity index (χ4v) is 3.09. The summed E-state index contributed by atoms with van der Waals surface area (Å²) in [5.41, 5.74) is 0. The Morgan fingerprint density at radius 3 is 2.81 bits per heavy atom. The molecule has 3 aliphatic rings. The minimum absolute atomic E-state index is 0.334. The summed E-state index contributed by atoms with van der Waals surface area (Å²) in [7, 11) is 0. The quantitative estimate of drug-likeness (QED) is 0.845. The van der Waals surface area contributed by atoms with Crippen LogP contribution in [0.1, 0.15) is 31.6 Å². The van der Waals surface area contributed by atoms with Gasteiger partial charge in [-0.25, -0.2) is 0 Å². The van der Waals surface area contributed by atoms with Gasteiger partial charge in [0.15, 0.2) is 0 Å². The first-order chi connectivity index (χ1) is 7.83. The Kier molecular flexibility index (Phi) is 2.74. The second-order valence-electron chi connectivity index (χ2n) is 5.15. The molecular formula is C13H20N2O. The molecule has 1 unspecified atom stereocenters. The molecule has 0 aliphatic carbocycles. The zero-order valence-electron chi connectivity index (χ0n) is 9.86. The van der Waals surface area contributed by atoms with Gasteiger partial charge in [0, 0.05) is 12.6 Å². The number of hydrogen-bond donors (Lipinski definition) is 1. The molecule has 0 radical (unpaired) electrons. The van der Waals surface area contributed by atoms with Crippen LogP contribution < -0.4 is 5.32 Å². The maximum atomic E-state index is 5.44. The number of nitrogens with zero attached hydrogens (tertiary/aromatic N) is 1. The number of furan rings is 1. The van der Waals surface area contributed by atoms with Gasteiger partial charge in [0.25, 0.3) is 0 Å². The lowest BCUT2D eigenvalue weighted by atomic mass is 9.83. The first-order valence-electron chi connectivity index (χ1n) is 6.35. The molecule has 2 atom stereocenters. The summed E-state index contributed by atoms with van der Waals surface area (Å²) in [6, 6.07) is 5.01. The van der Waals surface area contributed by atoms with E-state index in [-0.39, 0.29) is 0 Å². The molecule has 1 N–H and O–H groups in total. The van der Waals surface area contributed by atoms with E-state index >= 15 is 0 Å². The Hall–Kier alpha value is -0.800. The zero-order valence-corrected chi connectivity index (χ0v) is 9.86. The number of nitrogens with one attached hydrogen (secondary N) is 1. The van der Waals surface area contributed by atoms with Gasteiger partial charge in [0.1, 0.15) is 5.76 Å². The van der Waals surface area contributed by atoms with Crippen molar-refractivity contribution < 1.29 is 4.42 Å². The van der Waals surface area contributed by atoms with Gasteiger partial charge in [0.2, 0.25) is 0 Å². The SMILES string of the molecule is C[C@H](NC1CN2CCC1CC2)c1ccco1. The summed E-state index contributed by atoms with van der Waals surface area (Å²) in [5, 5.41) is 3.72. The molecule has 0 spiro atoms. The second kappa shape index (κ2) is 4.22. The number of rotatable bonds is 3. The van der Waals surface area contributed by atoms with E-state index in [4.69, 9.17) is 4.42 Å². The zero-order chi connectivity index (χ0) is 11.0. The Morgan fingerprint density at radius 1 is 1.44 bits per heavy atom. The molecule has 88 valence electrons. The summed E-state index contributed by atoms with van der Waals surface area (Å²) in [4.78, 5) is 2.58. The Morgan fingerprint density at radius 2 is 2.25 bits per heavy atom. The van der Waals surface area contributed by atoms with Gasteiger partial charge in [-0.1, -0.05) is 0 Å². The van der Waals surface area contributed by atoms with Crippen molar-refractivity contribution in [2.75, 3.05) is 19.6 Å². The molecule has 0 aromatic carbocycles. The van der Waals surface area contributed by atoms with Crippen LogP contribution >= 0.6 is 0 Å². The molecule has 3 saturated heterocycles. The van der Waals surface area contributed by atoms with Crippen LogP contribution in [0.15, 0.2) is 22.8 Å². The summed E-state index contributed by atoms with van der Waals surface area (Å²) in [6.07, 6.45) is 4.48. The molecule has 4 rings (SSSR count). The van der Waals surface area contributed by atoms with E-state index in [1.807, 2.05) is 6.07 Å². The van der Waals surface area contributed by atoms with Crippen molar-refractivity contribution in [2.24, 2.45) is 5.92 Å². The lowest BCUT2D eigenvalue weighted by Gasteiger charge is -2.45. The molecule has 16 heavy (non-hydrogen) atoms. The van der Waals surface area contributed by atoms with E-state index in [1.165, 1.54) is 32.5 Å². The molecule has 3 heteroatoms. The lowest BCUT2D eigenvalue weighted by Crippen LogP contribution is -2.56. The molecule has 1 aromatic heterocycles. The van der Waals surface area contributed by atoms with Crippen molar-refractivity contribution in [3.8, 4) is 0 Å². The predicted molar refractivity (Wildman–Crippen MR) is 63.2 cm³/mol. The van der Waals surface area contributed by atoms with Crippen LogP contribution in [-0.2, 0) is 0 Å². The molecule has 2 bridgehead atoms. The number of hydrogen-bond acceptors (Lipinski definition) is 3. The standard InChI is InChI=1S/C13H20N2O/c1-10(13-3-2-8-16-13)14-12-9-15-6-4-11(12)5-7-15/h2-3,8,10-12,14H,4-7,9H2,1H3/t10-,12?/m0/s1. The number of piperidine rings is 3. The van der Waals surface area contributed by atoms with Gasteiger partial charge in [0.05, 0.1) is 12.3 Å². The Labute approximate surface area is 96.8 Å². The van der Waals surface area contributed by atoms with Crippen molar-refractivity contribution in [3.05, 3.63) is 24.2 Å². The van der Waals surface area contributed by atoms with E-state index in [9.17, 15) is 0 Å². The van der Waals surface area contributed by atoms with Gasteiger partial charge in [-0.05, 0) is 50.9 Å². The molecular weight excluding hydrogens is 200 g/mol. The second-order valence-corrected chi connectivity index (χ2v) is 5.15. The van der Waals surface area contributed by atoms with Gasteiger partial charge in [-0.15, -0.1) is 0 Å². The number of fused-ring (bicyclic) bond motifs is 3. The van der Waals surface area contributed by atoms with E-state index in [1.54, 1.807) is 6.26 Å². The first-order valence-corrected chi connectivity index (χ1v) is 6.35. The molecule has 1 aromatic rings. The monoisotopic (exact) mass is 220 g/mol. The van der Waals surface area contributed by atoms with Crippen molar-refractivity contribution in [3.63, 3.8) is 0 Å². The molecule has 3 aliphatic heterocycles. The fourth-order valence-electron chi connectivity index (χ4n) is 3.09. The van der Waals surface area contributed by atoms with E-state index in [2.05, 4.69) is 23.2 Å². The largest absolute Gasteiger partial charge is 0.468 e. The normalized spacial score (nSPS) is 35.2. The third-order valence-corrected chi connectivity index (χ3v) is 4.09. The van der Waals surface area contributed by atoms with Crippen molar-refractivity contribution in [1.29, 1.82) is 0 Å². The van der Waals surface area contributed by atoms with Crippen LogP contribution in [0.3, 0.4) is 0 Å². The predicted octanol–water partition coefficient (Wildman–Crippen LogP) is 2.02.